The monoisotopic (exact) mass is 341 g/mol. The van der Waals surface area contributed by atoms with Gasteiger partial charge in [0.2, 0.25) is 0 Å². The number of quaternary nitrogens is 1. The second-order valence-corrected chi connectivity index (χ2v) is 8.13. The number of nitrogens with one attached hydrogen (secondary N) is 2. The number of amides is 1. The molecule has 0 radical (unpaired) electrons. The summed E-state index contributed by atoms with van der Waals surface area (Å²) < 4.78 is 0. The zero-order valence-corrected chi connectivity index (χ0v) is 14.9. The largest absolute Gasteiger partial charge is 0.347 e. The Bertz CT molecular complexity index is 709. The number of carbonyl (C=O) groups is 1. The lowest BCUT2D eigenvalue weighted by atomic mass is 10.1. The summed E-state index contributed by atoms with van der Waals surface area (Å²) >= 11 is 1.68. The summed E-state index contributed by atoms with van der Waals surface area (Å²) in [6.45, 7) is 4.27. The van der Waals surface area contributed by atoms with E-state index >= 15 is 0 Å². The molecule has 126 valence electrons. The fraction of sp³-hybridized carbons (Fsp3) is 0.450. The number of rotatable bonds is 5. The van der Waals surface area contributed by atoms with Crippen molar-refractivity contribution in [1.82, 2.24) is 5.32 Å². The van der Waals surface area contributed by atoms with E-state index in [1.54, 1.807) is 16.2 Å². The van der Waals surface area contributed by atoms with Crippen molar-refractivity contribution in [2.24, 2.45) is 0 Å². The number of hydrogen-bond donors (Lipinski definition) is 2. The van der Waals surface area contributed by atoms with Crippen LogP contribution in [0.3, 0.4) is 0 Å². The molecule has 2 aliphatic rings. The molecule has 1 fully saturated rings. The molecule has 3 nitrogen and oxygen atoms in total. The highest BCUT2D eigenvalue weighted by atomic mass is 32.1. The Kier molecular flexibility index (Phi) is 4.67. The highest BCUT2D eigenvalue weighted by Gasteiger charge is 2.19. The van der Waals surface area contributed by atoms with Crippen LogP contribution in [0.15, 0.2) is 30.3 Å². The SMILES string of the molecule is O=C(NCc1ccccc1C[NH+]1CCCC1)c1cc2c(s1)CCC2. The van der Waals surface area contributed by atoms with Crippen LogP contribution in [0.2, 0.25) is 0 Å². The van der Waals surface area contributed by atoms with E-state index in [1.807, 2.05) is 0 Å². The minimum atomic E-state index is 0.0812. The fourth-order valence-corrected chi connectivity index (χ4v) is 5.10. The molecule has 4 rings (SSSR count). The second-order valence-electron chi connectivity index (χ2n) is 7.00. The standard InChI is InChI=1S/C20H24N2OS/c23-20(19-12-15-8-5-9-18(15)24-19)21-13-16-6-1-2-7-17(16)14-22-10-3-4-11-22/h1-2,6-7,12H,3-5,8-11,13-14H2,(H,21,23)/p+1. The first-order chi connectivity index (χ1) is 11.8. The molecule has 1 aliphatic carbocycles. The molecule has 0 bridgehead atoms. The Hall–Kier alpha value is -1.65. The summed E-state index contributed by atoms with van der Waals surface area (Å²) in [7, 11) is 0. The molecule has 1 saturated heterocycles. The fourth-order valence-electron chi connectivity index (χ4n) is 3.93. The Morgan fingerprint density at radius 2 is 1.88 bits per heavy atom. The number of hydrogen-bond acceptors (Lipinski definition) is 2. The first-order valence-electron chi connectivity index (χ1n) is 9.10. The molecule has 0 atom stereocenters. The van der Waals surface area contributed by atoms with Crippen molar-refractivity contribution < 1.29 is 9.69 Å². The van der Waals surface area contributed by atoms with E-state index in [2.05, 4.69) is 35.6 Å². The van der Waals surface area contributed by atoms with Crippen LogP contribution < -0.4 is 10.2 Å². The summed E-state index contributed by atoms with van der Waals surface area (Å²) in [5.74, 6) is 0.0812. The highest BCUT2D eigenvalue weighted by Crippen LogP contribution is 2.30. The molecule has 0 spiro atoms. The quantitative estimate of drug-likeness (QED) is 0.860. The van der Waals surface area contributed by atoms with Gasteiger partial charge in [-0.3, -0.25) is 4.79 Å². The Morgan fingerprint density at radius 3 is 2.67 bits per heavy atom. The molecule has 1 aromatic carbocycles. The summed E-state index contributed by atoms with van der Waals surface area (Å²) in [5, 5.41) is 3.13. The molecular weight excluding hydrogens is 316 g/mol. The van der Waals surface area contributed by atoms with Crippen LogP contribution in [0, 0.1) is 0 Å². The van der Waals surface area contributed by atoms with Crippen molar-refractivity contribution in [3.05, 3.63) is 56.8 Å². The Balaban J connectivity index is 1.40. The highest BCUT2D eigenvalue weighted by molar-refractivity contribution is 7.14. The van der Waals surface area contributed by atoms with Crippen molar-refractivity contribution in [2.45, 2.75) is 45.2 Å². The Labute approximate surface area is 147 Å². The van der Waals surface area contributed by atoms with Crippen LogP contribution in [-0.2, 0) is 25.9 Å². The zero-order valence-electron chi connectivity index (χ0n) is 14.1. The number of thiophene rings is 1. The molecule has 4 heteroatoms. The predicted octanol–water partition coefficient (Wildman–Crippen LogP) is 2.35. The molecule has 24 heavy (non-hydrogen) atoms. The van der Waals surface area contributed by atoms with Crippen molar-refractivity contribution in [3.63, 3.8) is 0 Å². The molecule has 1 aliphatic heterocycles. The van der Waals surface area contributed by atoms with Crippen LogP contribution >= 0.6 is 11.3 Å². The van der Waals surface area contributed by atoms with Gasteiger partial charge in [0, 0.05) is 29.8 Å². The van der Waals surface area contributed by atoms with Gasteiger partial charge in [0.05, 0.1) is 18.0 Å². The smallest absolute Gasteiger partial charge is 0.261 e. The van der Waals surface area contributed by atoms with Crippen LogP contribution in [0.5, 0.6) is 0 Å². The van der Waals surface area contributed by atoms with Crippen LogP contribution in [-0.4, -0.2) is 19.0 Å². The maximum Gasteiger partial charge on any atom is 0.261 e. The molecule has 0 unspecified atom stereocenters. The second kappa shape index (κ2) is 7.08. The van der Waals surface area contributed by atoms with E-state index in [-0.39, 0.29) is 5.91 Å². The zero-order chi connectivity index (χ0) is 16.4. The van der Waals surface area contributed by atoms with Gasteiger partial charge < -0.3 is 10.2 Å². The lowest BCUT2D eigenvalue weighted by molar-refractivity contribution is -0.901. The maximum absolute atomic E-state index is 12.5. The van der Waals surface area contributed by atoms with Crippen molar-refractivity contribution in [3.8, 4) is 0 Å². The van der Waals surface area contributed by atoms with Crippen molar-refractivity contribution >= 4 is 17.2 Å². The number of aryl methyl sites for hydroxylation is 2. The van der Waals surface area contributed by atoms with Gasteiger partial charge in [-0.2, -0.15) is 0 Å². The summed E-state index contributed by atoms with van der Waals surface area (Å²) in [5.41, 5.74) is 4.03. The maximum atomic E-state index is 12.5. The van der Waals surface area contributed by atoms with Crippen LogP contribution in [0.4, 0.5) is 0 Å². The third-order valence-corrected chi connectivity index (χ3v) is 6.52. The number of benzene rings is 1. The van der Waals surface area contributed by atoms with Gasteiger partial charge in [-0.15, -0.1) is 11.3 Å². The van der Waals surface area contributed by atoms with E-state index in [4.69, 9.17) is 0 Å². The van der Waals surface area contributed by atoms with Gasteiger partial charge >= 0.3 is 0 Å². The number of fused-ring (bicyclic) bond motifs is 1. The molecule has 2 aromatic rings. The van der Waals surface area contributed by atoms with Gasteiger partial charge in [-0.25, -0.2) is 0 Å². The lowest BCUT2D eigenvalue weighted by Crippen LogP contribution is -3.08. The number of carbonyl (C=O) groups excluding carboxylic acids is 1. The van der Waals surface area contributed by atoms with Crippen molar-refractivity contribution in [2.75, 3.05) is 13.1 Å². The van der Waals surface area contributed by atoms with Gasteiger partial charge in [0.1, 0.15) is 6.54 Å². The van der Waals surface area contributed by atoms with Gasteiger partial charge in [-0.1, -0.05) is 24.3 Å². The Morgan fingerprint density at radius 1 is 1.08 bits per heavy atom. The van der Waals surface area contributed by atoms with E-state index < -0.39 is 0 Å². The molecule has 1 aromatic heterocycles. The minimum Gasteiger partial charge on any atom is -0.347 e. The molecule has 0 saturated carbocycles. The van der Waals surface area contributed by atoms with Gasteiger partial charge in [0.25, 0.3) is 5.91 Å². The van der Waals surface area contributed by atoms with E-state index in [1.165, 1.54) is 53.9 Å². The third kappa shape index (κ3) is 3.40. The number of likely N-dealkylation sites (tertiary alicyclic amines) is 1. The first kappa shape index (κ1) is 15.9. The average Bonchev–Trinajstić information content (AvgIpc) is 3.30. The average molecular weight is 342 g/mol. The topological polar surface area (TPSA) is 33.5 Å². The normalized spacial score (nSPS) is 17.2. The molecule has 2 heterocycles. The van der Waals surface area contributed by atoms with E-state index in [0.29, 0.717) is 6.54 Å². The van der Waals surface area contributed by atoms with E-state index in [0.717, 1.165) is 24.3 Å². The first-order valence-corrected chi connectivity index (χ1v) is 9.91. The summed E-state index contributed by atoms with van der Waals surface area (Å²) in [4.78, 5) is 16.4. The molecule has 2 N–H and O–H groups in total. The summed E-state index contributed by atoms with van der Waals surface area (Å²) in [6, 6.07) is 10.7. The van der Waals surface area contributed by atoms with Crippen molar-refractivity contribution in [1.29, 1.82) is 0 Å². The molecule has 1 amide bonds. The van der Waals surface area contributed by atoms with Crippen LogP contribution in [0.25, 0.3) is 0 Å². The predicted molar refractivity (Wildman–Crippen MR) is 97.6 cm³/mol. The minimum absolute atomic E-state index is 0.0812. The third-order valence-electron chi connectivity index (χ3n) is 5.28. The summed E-state index contributed by atoms with van der Waals surface area (Å²) in [6.07, 6.45) is 6.22. The van der Waals surface area contributed by atoms with Gasteiger partial charge in [0.15, 0.2) is 0 Å². The van der Waals surface area contributed by atoms with Gasteiger partial charge in [-0.05, 0) is 36.5 Å². The van der Waals surface area contributed by atoms with E-state index in [9.17, 15) is 4.79 Å². The van der Waals surface area contributed by atoms with Crippen LogP contribution in [0.1, 0.15) is 50.5 Å². The lowest BCUT2D eigenvalue weighted by Gasteiger charge is -2.15. The molecular formula is C20H25N2OS+.